The second-order valence-electron chi connectivity index (χ2n) is 4.09. The van der Waals surface area contributed by atoms with E-state index >= 15 is 0 Å². The first-order valence-corrected chi connectivity index (χ1v) is 6.49. The van der Waals surface area contributed by atoms with Crippen LogP contribution >= 0.6 is 0 Å². The van der Waals surface area contributed by atoms with E-state index in [1.165, 1.54) is 7.11 Å². The molecule has 8 nitrogen and oxygen atoms in total. The van der Waals surface area contributed by atoms with E-state index in [1.807, 2.05) is 6.92 Å². The minimum Gasteiger partial charge on any atom is -0.480 e. The van der Waals surface area contributed by atoms with E-state index in [0.717, 1.165) is 0 Å². The second-order valence-corrected chi connectivity index (χ2v) is 4.09. The third-order valence-electron chi connectivity index (χ3n) is 2.40. The number of amides is 2. The van der Waals surface area contributed by atoms with Crippen molar-refractivity contribution in [2.75, 3.05) is 20.3 Å². The van der Waals surface area contributed by atoms with Gasteiger partial charge >= 0.3 is 18.2 Å². The van der Waals surface area contributed by atoms with Gasteiger partial charge in [0.05, 0.1) is 13.7 Å². The van der Waals surface area contributed by atoms with Gasteiger partial charge in [-0.1, -0.05) is 6.92 Å². The zero-order chi connectivity index (χ0) is 15.4. The number of unbranched alkanes of at least 4 members (excludes halogenated alkanes) is 1. The predicted octanol–water partition coefficient (Wildman–Crippen LogP) is 1.10. The van der Waals surface area contributed by atoms with E-state index in [-0.39, 0.29) is 13.0 Å². The Kier molecular flexibility index (Phi) is 9.81. The fraction of sp³-hybridized carbons (Fsp3) is 0.750. The highest BCUT2D eigenvalue weighted by Crippen LogP contribution is 2.02. The summed E-state index contributed by atoms with van der Waals surface area (Å²) in [6.45, 7) is 2.48. The Morgan fingerprint density at radius 3 is 2.45 bits per heavy atom. The number of ether oxygens (including phenoxy) is 2. The Balaban J connectivity index is 3.89. The van der Waals surface area contributed by atoms with Crippen molar-refractivity contribution < 1.29 is 29.0 Å². The number of nitrogens with one attached hydrogen (secondary N) is 2. The van der Waals surface area contributed by atoms with Gasteiger partial charge in [-0.3, -0.25) is 0 Å². The van der Waals surface area contributed by atoms with Crippen LogP contribution in [0.4, 0.5) is 9.59 Å². The van der Waals surface area contributed by atoms with E-state index in [2.05, 4.69) is 15.4 Å². The van der Waals surface area contributed by atoms with E-state index in [9.17, 15) is 14.4 Å². The normalized spacial score (nSPS) is 11.3. The summed E-state index contributed by atoms with van der Waals surface area (Å²) in [6, 6.07) is -0.988. The van der Waals surface area contributed by atoms with Crippen LogP contribution in [0.15, 0.2) is 0 Å². The maximum atomic E-state index is 11.3. The molecule has 0 aliphatic rings. The highest BCUT2D eigenvalue weighted by atomic mass is 16.5. The van der Waals surface area contributed by atoms with E-state index in [4.69, 9.17) is 9.84 Å². The van der Waals surface area contributed by atoms with Crippen molar-refractivity contribution in [2.45, 2.75) is 38.6 Å². The second kappa shape index (κ2) is 10.9. The third-order valence-corrected chi connectivity index (χ3v) is 2.40. The number of carbonyl (C=O) groups excluding carboxylic acids is 2. The van der Waals surface area contributed by atoms with Gasteiger partial charge in [0, 0.05) is 6.54 Å². The van der Waals surface area contributed by atoms with Gasteiger partial charge in [-0.15, -0.1) is 0 Å². The summed E-state index contributed by atoms with van der Waals surface area (Å²) in [7, 11) is 1.27. The highest BCUT2D eigenvalue weighted by molar-refractivity contribution is 5.79. The molecular weight excluding hydrogens is 268 g/mol. The molecule has 0 saturated carbocycles. The molecule has 1 atom stereocenters. The molecule has 0 aromatic heterocycles. The van der Waals surface area contributed by atoms with Crippen molar-refractivity contribution in [3.63, 3.8) is 0 Å². The van der Waals surface area contributed by atoms with Gasteiger partial charge in [-0.05, 0) is 25.7 Å². The summed E-state index contributed by atoms with van der Waals surface area (Å²) in [6.07, 6.45) is 0.802. The van der Waals surface area contributed by atoms with Crippen LogP contribution in [-0.4, -0.2) is 49.6 Å². The van der Waals surface area contributed by atoms with Crippen molar-refractivity contribution in [3.8, 4) is 0 Å². The molecule has 0 aliphatic heterocycles. The van der Waals surface area contributed by atoms with Gasteiger partial charge in [0.1, 0.15) is 6.04 Å². The monoisotopic (exact) mass is 290 g/mol. The van der Waals surface area contributed by atoms with Gasteiger partial charge in [-0.25, -0.2) is 14.4 Å². The Bertz CT molecular complexity index is 321. The summed E-state index contributed by atoms with van der Waals surface area (Å²) < 4.78 is 9.15. The number of carboxylic acids is 1. The van der Waals surface area contributed by atoms with Crippen molar-refractivity contribution >= 4 is 18.2 Å². The minimum atomic E-state index is -1.11. The first-order chi connectivity index (χ1) is 9.51. The Morgan fingerprint density at radius 1 is 1.20 bits per heavy atom. The zero-order valence-electron chi connectivity index (χ0n) is 11.8. The van der Waals surface area contributed by atoms with Gasteiger partial charge in [0.2, 0.25) is 0 Å². The van der Waals surface area contributed by atoms with Crippen molar-refractivity contribution in [1.29, 1.82) is 0 Å². The van der Waals surface area contributed by atoms with Gasteiger partial charge in [0.15, 0.2) is 0 Å². The third kappa shape index (κ3) is 9.01. The maximum absolute atomic E-state index is 11.3. The van der Waals surface area contributed by atoms with Gasteiger partial charge in [-0.2, -0.15) is 0 Å². The molecule has 0 heterocycles. The summed E-state index contributed by atoms with van der Waals surface area (Å²) in [5.74, 6) is -1.11. The molecule has 0 rings (SSSR count). The number of hydrogen-bond donors (Lipinski definition) is 3. The molecule has 0 saturated heterocycles. The first-order valence-electron chi connectivity index (χ1n) is 6.49. The lowest BCUT2D eigenvalue weighted by molar-refractivity contribution is -0.139. The SMILES string of the molecule is CCCOC(=O)NC(CCCCNC(=O)OC)C(=O)O. The summed E-state index contributed by atoms with van der Waals surface area (Å²) in [4.78, 5) is 33.0. The lowest BCUT2D eigenvalue weighted by Crippen LogP contribution is -2.41. The molecule has 0 aromatic rings. The average molecular weight is 290 g/mol. The summed E-state index contributed by atoms with van der Waals surface area (Å²) in [5, 5.41) is 13.7. The molecule has 2 amide bonds. The zero-order valence-corrected chi connectivity index (χ0v) is 11.8. The maximum Gasteiger partial charge on any atom is 0.407 e. The number of carboxylic acid groups (broad SMARTS) is 1. The van der Waals surface area contributed by atoms with Gasteiger partial charge in [0.25, 0.3) is 0 Å². The lowest BCUT2D eigenvalue weighted by Gasteiger charge is -2.14. The van der Waals surface area contributed by atoms with Crippen molar-refractivity contribution in [3.05, 3.63) is 0 Å². The van der Waals surface area contributed by atoms with E-state index in [1.54, 1.807) is 0 Å². The number of carbonyl (C=O) groups is 3. The minimum absolute atomic E-state index is 0.251. The Labute approximate surface area is 117 Å². The molecule has 1 unspecified atom stereocenters. The molecule has 8 heteroatoms. The Hall–Kier alpha value is -1.99. The number of hydrogen-bond acceptors (Lipinski definition) is 5. The Morgan fingerprint density at radius 2 is 1.90 bits per heavy atom. The van der Waals surface area contributed by atoms with Crippen LogP contribution < -0.4 is 10.6 Å². The standard InChI is InChI=1S/C12H22N2O6/c1-3-8-20-12(18)14-9(10(15)16)6-4-5-7-13-11(17)19-2/h9H,3-8H2,1-2H3,(H,13,17)(H,14,18)(H,15,16). The number of alkyl carbamates (subject to hydrolysis) is 2. The lowest BCUT2D eigenvalue weighted by atomic mass is 10.1. The molecule has 0 aliphatic carbocycles. The van der Waals surface area contributed by atoms with Crippen LogP contribution in [0.1, 0.15) is 32.6 Å². The van der Waals surface area contributed by atoms with Crippen LogP contribution in [0.5, 0.6) is 0 Å². The van der Waals surface area contributed by atoms with Crippen molar-refractivity contribution in [2.24, 2.45) is 0 Å². The highest BCUT2D eigenvalue weighted by Gasteiger charge is 2.19. The predicted molar refractivity (Wildman–Crippen MR) is 70.5 cm³/mol. The van der Waals surface area contributed by atoms with E-state index in [0.29, 0.717) is 25.8 Å². The molecule has 116 valence electrons. The quantitative estimate of drug-likeness (QED) is 0.548. The summed E-state index contributed by atoms with van der Waals surface area (Å²) >= 11 is 0. The molecule has 0 fully saturated rings. The largest absolute Gasteiger partial charge is 0.480 e. The molecule has 3 N–H and O–H groups in total. The van der Waals surface area contributed by atoms with Gasteiger partial charge < -0.3 is 25.2 Å². The number of rotatable bonds is 9. The molecule has 0 aromatic carbocycles. The number of aliphatic carboxylic acids is 1. The summed E-state index contributed by atoms with van der Waals surface area (Å²) in [5.41, 5.74) is 0. The molecule has 0 spiro atoms. The average Bonchev–Trinajstić information content (AvgIpc) is 2.42. The molecule has 0 radical (unpaired) electrons. The smallest absolute Gasteiger partial charge is 0.407 e. The van der Waals surface area contributed by atoms with Crippen LogP contribution in [-0.2, 0) is 14.3 Å². The molecule has 20 heavy (non-hydrogen) atoms. The van der Waals surface area contributed by atoms with Crippen molar-refractivity contribution in [1.82, 2.24) is 10.6 Å². The van der Waals surface area contributed by atoms with Crippen LogP contribution in [0.3, 0.4) is 0 Å². The van der Waals surface area contributed by atoms with Crippen LogP contribution in [0.25, 0.3) is 0 Å². The van der Waals surface area contributed by atoms with Crippen LogP contribution in [0.2, 0.25) is 0 Å². The fourth-order valence-electron chi connectivity index (χ4n) is 1.37. The molecular formula is C12H22N2O6. The topological polar surface area (TPSA) is 114 Å². The molecule has 0 bridgehead atoms. The van der Waals surface area contributed by atoms with E-state index < -0.39 is 24.2 Å². The fourth-order valence-corrected chi connectivity index (χ4v) is 1.37. The first kappa shape index (κ1) is 18.0. The van der Waals surface area contributed by atoms with Crippen LogP contribution in [0, 0.1) is 0 Å². The number of methoxy groups -OCH3 is 1.